The molecule has 2 rings (SSSR count). The molecule has 1 saturated heterocycles. The van der Waals surface area contributed by atoms with E-state index in [-0.39, 0.29) is 11.1 Å². The minimum atomic E-state index is -0.0915. The molecule has 0 radical (unpaired) electrons. The third-order valence-corrected chi connectivity index (χ3v) is 3.16. The Morgan fingerprint density at radius 1 is 1.54 bits per heavy atom. The SMILES string of the molecule is Cc1nnc(N2C(=N)SCC2=O)s1. The van der Waals surface area contributed by atoms with E-state index in [0.717, 1.165) is 5.01 Å². The van der Waals surface area contributed by atoms with E-state index >= 15 is 0 Å². The average Bonchev–Trinajstić information content (AvgIpc) is 2.60. The number of hydrogen-bond donors (Lipinski definition) is 1. The van der Waals surface area contributed by atoms with Crippen molar-refractivity contribution >= 4 is 39.3 Å². The molecule has 0 aliphatic carbocycles. The number of aromatic nitrogens is 2. The molecule has 1 amide bonds. The molecule has 1 aromatic heterocycles. The number of amides is 1. The van der Waals surface area contributed by atoms with Crippen LogP contribution < -0.4 is 4.90 Å². The lowest BCUT2D eigenvalue weighted by atomic mass is 10.6. The quantitative estimate of drug-likeness (QED) is 0.752. The molecule has 0 atom stereocenters. The maximum atomic E-state index is 11.3. The summed E-state index contributed by atoms with van der Waals surface area (Å²) in [7, 11) is 0. The Kier molecular flexibility index (Phi) is 2.04. The smallest absolute Gasteiger partial charge is 0.245 e. The molecule has 13 heavy (non-hydrogen) atoms. The van der Waals surface area contributed by atoms with Crippen molar-refractivity contribution in [3.8, 4) is 0 Å². The van der Waals surface area contributed by atoms with Crippen molar-refractivity contribution in [3.63, 3.8) is 0 Å². The van der Waals surface area contributed by atoms with Crippen LogP contribution in [0.3, 0.4) is 0 Å². The molecule has 0 spiro atoms. The molecule has 5 nitrogen and oxygen atoms in total. The van der Waals surface area contributed by atoms with Crippen LogP contribution in [0.25, 0.3) is 0 Å². The van der Waals surface area contributed by atoms with Crippen LogP contribution in [-0.4, -0.2) is 27.0 Å². The molecule has 1 aromatic rings. The molecule has 0 saturated carbocycles. The van der Waals surface area contributed by atoms with Crippen molar-refractivity contribution in [2.45, 2.75) is 6.92 Å². The van der Waals surface area contributed by atoms with Crippen molar-refractivity contribution in [2.24, 2.45) is 0 Å². The van der Waals surface area contributed by atoms with Gasteiger partial charge in [0.15, 0.2) is 5.17 Å². The van der Waals surface area contributed by atoms with Gasteiger partial charge in [0.1, 0.15) is 5.01 Å². The number of rotatable bonds is 1. The van der Waals surface area contributed by atoms with Crippen LogP contribution in [0.5, 0.6) is 0 Å². The zero-order valence-electron chi connectivity index (χ0n) is 6.77. The molecule has 0 bridgehead atoms. The highest BCUT2D eigenvalue weighted by molar-refractivity contribution is 8.15. The first-order chi connectivity index (χ1) is 6.18. The molecule has 1 aliphatic rings. The lowest BCUT2D eigenvalue weighted by Crippen LogP contribution is -2.28. The van der Waals surface area contributed by atoms with E-state index in [1.807, 2.05) is 6.92 Å². The normalized spacial score (nSPS) is 17.2. The first-order valence-corrected chi connectivity index (χ1v) is 5.33. The van der Waals surface area contributed by atoms with Crippen LogP contribution >= 0.6 is 23.1 Å². The standard InChI is InChI=1S/C6H6N4OS2/c1-3-8-9-6(13-3)10-4(11)2-12-5(10)7/h7H,2H2,1H3. The van der Waals surface area contributed by atoms with E-state index in [1.54, 1.807) is 0 Å². The average molecular weight is 214 g/mol. The van der Waals surface area contributed by atoms with Crippen molar-refractivity contribution in [2.75, 3.05) is 10.7 Å². The molecular weight excluding hydrogens is 208 g/mol. The second-order valence-electron chi connectivity index (χ2n) is 2.43. The predicted molar refractivity (Wildman–Crippen MR) is 52.3 cm³/mol. The number of amidine groups is 1. The molecular formula is C6H6N4OS2. The molecule has 1 fully saturated rings. The predicted octanol–water partition coefficient (Wildman–Crippen LogP) is 0.861. The zero-order valence-corrected chi connectivity index (χ0v) is 8.41. The van der Waals surface area contributed by atoms with Gasteiger partial charge >= 0.3 is 0 Å². The lowest BCUT2D eigenvalue weighted by Gasteiger charge is -2.08. The van der Waals surface area contributed by atoms with Gasteiger partial charge in [-0.25, -0.2) is 4.90 Å². The summed E-state index contributed by atoms with van der Waals surface area (Å²) >= 11 is 2.54. The first-order valence-electron chi connectivity index (χ1n) is 3.53. The maximum absolute atomic E-state index is 11.3. The van der Waals surface area contributed by atoms with Crippen molar-refractivity contribution < 1.29 is 4.79 Å². The van der Waals surface area contributed by atoms with E-state index < -0.39 is 0 Å². The van der Waals surface area contributed by atoms with Crippen LogP contribution in [0, 0.1) is 12.3 Å². The molecule has 7 heteroatoms. The monoisotopic (exact) mass is 214 g/mol. The summed E-state index contributed by atoms with van der Waals surface area (Å²) in [5, 5.41) is 16.6. The highest BCUT2D eigenvalue weighted by Crippen LogP contribution is 2.27. The van der Waals surface area contributed by atoms with Gasteiger partial charge in [0, 0.05) is 0 Å². The summed E-state index contributed by atoms with van der Waals surface area (Å²) in [6.45, 7) is 1.82. The fourth-order valence-corrected chi connectivity index (χ4v) is 2.42. The summed E-state index contributed by atoms with van der Waals surface area (Å²) in [5.74, 6) is 0.239. The van der Waals surface area contributed by atoms with Crippen LogP contribution in [0.1, 0.15) is 5.01 Å². The topological polar surface area (TPSA) is 69.9 Å². The van der Waals surface area contributed by atoms with E-state index in [4.69, 9.17) is 5.41 Å². The van der Waals surface area contributed by atoms with Gasteiger partial charge in [-0.1, -0.05) is 23.1 Å². The van der Waals surface area contributed by atoms with Crippen molar-refractivity contribution in [3.05, 3.63) is 5.01 Å². The number of aryl methyl sites for hydroxylation is 1. The summed E-state index contributed by atoms with van der Waals surface area (Å²) in [4.78, 5) is 12.6. The zero-order chi connectivity index (χ0) is 9.42. The summed E-state index contributed by atoms with van der Waals surface area (Å²) in [6, 6.07) is 0. The minimum Gasteiger partial charge on any atom is -0.278 e. The van der Waals surface area contributed by atoms with E-state index in [1.165, 1.54) is 28.0 Å². The fraction of sp³-hybridized carbons (Fsp3) is 0.333. The van der Waals surface area contributed by atoms with E-state index in [0.29, 0.717) is 10.9 Å². The Hall–Kier alpha value is -0.950. The Labute approximate surface area is 82.7 Å². The molecule has 0 unspecified atom stereocenters. The molecule has 68 valence electrons. The van der Waals surface area contributed by atoms with Gasteiger partial charge in [-0.3, -0.25) is 10.2 Å². The van der Waals surface area contributed by atoms with Gasteiger partial charge in [0.05, 0.1) is 5.75 Å². The van der Waals surface area contributed by atoms with E-state index in [9.17, 15) is 4.79 Å². The van der Waals surface area contributed by atoms with Crippen LogP contribution in [0.15, 0.2) is 0 Å². The van der Waals surface area contributed by atoms with Crippen LogP contribution in [-0.2, 0) is 4.79 Å². The van der Waals surface area contributed by atoms with Crippen LogP contribution in [0.4, 0.5) is 5.13 Å². The molecule has 0 aromatic carbocycles. The fourth-order valence-electron chi connectivity index (χ4n) is 0.942. The highest BCUT2D eigenvalue weighted by Gasteiger charge is 2.30. The third-order valence-electron chi connectivity index (χ3n) is 1.49. The largest absolute Gasteiger partial charge is 0.278 e. The molecule has 1 aliphatic heterocycles. The molecule has 2 heterocycles. The van der Waals surface area contributed by atoms with Gasteiger partial charge in [-0.05, 0) is 6.92 Å². The first kappa shape index (κ1) is 8.64. The highest BCUT2D eigenvalue weighted by atomic mass is 32.2. The Balaban J connectivity index is 2.35. The van der Waals surface area contributed by atoms with E-state index in [2.05, 4.69) is 10.2 Å². The second-order valence-corrected chi connectivity index (χ2v) is 4.55. The number of hydrogen-bond acceptors (Lipinski definition) is 6. The van der Waals surface area contributed by atoms with Gasteiger partial charge in [-0.15, -0.1) is 10.2 Å². The number of nitrogens with one attached hydrogen (secondary N) is 1. The maximum Gasteiger partial charge on any atom is 0.245 e. The second kappa shape index (κ2) is 3.08. The minimum absolute atomic E-state index is 0.0915. The Morgan fingerprint density at radius 2 is 2.31 bits per heavy atom. The number of carbonyl (C=O) groups excluding carboxylic acids is 1. The van der Waals surface area contributed by atoms with Crippen molar-refractivity contribution in [1.29, 1.82) is 5.41 Å². The van der Waals surface area contributed by atoms with Gasteiger partial charge < -0.3 is 0 Å². The van der Waals surface area contributed by atoms with Gasteiger partial charge in [-0.2, -0.15) is 0 Å². The summed E-state index contributed by atoms with van der Waals surface area (Å²) < 4.78 is 0. The van der Waals surface area contributed by atoms with Gasteiger partial charge in [0.2, 0.25) is 11.0 Å². The number of anilines is 1. The number of nitrogens with zero attached hydrogens (tertiary/aromatic N) is 3. The van der Waals surface area contributed by atoms with Crippen LogP contribution in [0.2, 0.25) is 0 Å². The summed E-state index contributed by atoms with van der Waals surface area (Å²) in [6.07, 6.45) is 0. The number of thioether (sulfide) groups is 1. The Bertz CT molecular complexity index is 358. The summed E-state index contributed by atoms with van der Waals surface area (Å²) in [5.41, 5.74) is 0. The third kappa shape index (κ3) is 1.44. The Morgan fingerprint density at radius 3 is 2.77 bits per heavy atom. The molecule has 1 N–H and O–H groups in total. The van der Waals surface area contributed by atoms with Crippen molar-refractivity contribution in [1.82, 2.24) is 10.2 Å². The van der Waals surface area contributed by atoms with Gasteiger partial charge in [0.25, 0.3) is 0 Å². The lowest BCUT2D eigenvalue weighted by molar-refractivity contribution is -0.115. The number of carbonyl (C=O) groups is 1.